The van der Waals surface area contributed by atoms with Crippen LogP contribution in [0.3, 0.4) is 0 Å². The Morgan fingerprint density at radius 2 is 2.15 bits per heavy atom. The van der Waals surface area contributed by atoms with Crippen LogP contribution in [0.15, 0.2) is 48.8 Å². The van der Waals surface area contributed by atoms with Gasteiger partial charge in [0.15, 0.2) is 0 Å². The predicted octanol–water partition coefficient (Wildman–Crippen LogP) is 3.16. The number of para-hydroxylation sites is 1. The van der Waals surface area contributed by atoms with Crippen LogP contribution < -0.4 is 4.90 Å². The molecule has 1 amide bonds. The summed E-state index contributed by atoms with van der Waals surface area (Å²) >= 11 is 0. The molecule has 2 aromatic rings. The van der Waals surface area contributed by atoms with Crippen LogP contribution in [0.4, 0.5) is 5.69 Å². The molecule has 0 aliphatic carbocycles. The summed E-state index contributed by atoms with van der Waals surface area (Å²) in [7, 11) is 0. The minimum absolute atomic E-state index is 0.198. The third-order valence-electron chi connectivity index (χ3n) is 3.92. The third-order valence-corrected chi connectivity index (χ3v) is 3.92. The van der Waals surface area contributed by atoms with E-state index in [1.807, 2.05) is 41.4 Å². The van der Waals surface area contributed by atoms with Gasteiger partial charge in [-0.25, -0.2) is 0 Å². The molecule has 1 aromatic carbocycles. The number of fused-ring (bicyclic) bond motifs is 1. The Labute approximate surface area is 119 Å². The highest BCUT2D eigenvalue weighted by Crippen LogP contribution is 2.29. The SMILES string of the molecule is CC(CC(=O)N1CCc2ccccc21)c1cccnc1. The van der Waals surface area contributed by atoms with Crippen LogP contribution in [-0.4, -0.2) is 17.4 Å². The number of hydrogen-bond donors (Lipinski definition) is 0. The number of anilines is 1. The van der Waals surface area contributed by atoms with Gasteiger partial charge in [0.25, 0.3) is 0 Å². The lowest BCUT2D eigenvalue weighted by Crippen LogP contribution is -2.29. The maximum Gasteiger partial charge on any atom is 0.227 e. The van der Waals surface area contributed by atoms with Crippen molar-refractivity contribution in [2.45, 2.75) is 25.7 Å². The number of carbonyl (C=O) groups is 1. The lowest BCUT2D eigenvalue weighted by molar-refractivity contribution is -0.118. The molecule has 3 rings (SSSR count). The van der Waals surface area contributed by atoms with E-state index in [4.69, 9.17) is 0 Å². The summed E-state index contributed by atoms with van der Waals surface area (Å²) in [4.78, 5) is 18.5. The molecule has 3 heteroatoms. The molecule has 20 heavy (non-hydrogen) atoms. The number of nitrogens with zero attached hydrogens (tertiary/aromatic N) is 2. The summed E-state index contributed by atoms with van der Waals surface area (Å²) in [5.74, 6) is 0.398. The number of aromatic nitrogens is 1. The molecule has 0 saturated carbocycles. The number of benzene rings is 1. The number of hydrogen-bond acceptors (Lipinski definition) is 2. The van der Waals surface area contributed by atoms with Crippen molar-refractivity contribution in [2.24, 2.45) is 0 Å². The molecule has 0 saturated heterocycles. The van der Waals surface area contributed by atoms with Gasteiger partial charge in [0.2, 0.25) is 5.91 Å². The molecule has 1 atom stereocenters. The van der Waals surface area contributed by atoms with Crippen molar-refractivity contribution in [3.8, 4) is 0 Å². The lowest BCUT2D eigenvalue weighted by atomic mass is 9.99. The van der Waals surface area contributed by atoms with E-state index in [1.165, 1.54) is 5.56 Å². The van der Waals surface area contributed by atoms with Gasteiger partial charge in [0, 0.05) is 31.0 Å². The second-order valence-corrected chi connectivity index (χ2v) is 5.32. The fraction of sp³-hybridized carbons (Fsp3) is 0.294. The van der Waals surface area contributed by atoms with Gasteiger partial charge in [-0.05, 0) is 35.6 Å². The quantitative estimate of drug-likeness (QED) is 0.855. The van der Waals surface area contributed by atoms with Crippen molar-refractivity contribution in [1.82, 2.24) is 4.98 Å². The second kappa shape index (κ2) is 5.45. The van der Waals surface area contributed by atoms with Crippen LogP contribution in [0, 0.1) is 0 Å². The average molecular weight is 266 g/mol. The van der Waals surface area contributed by atoms with Crippen molar-refractivity contribution in [3.63, 3.8) is 0 Å². The van der Waals surface area contributed by atoms with Gasteiger partial charge in [-0.2, -0.15) is 0 Å². The molecule has 0 N–H and O–H groups in total. The van der Waals surface area contributed by atoms with Crippen molar-refractivity contribution in [1.29, 1.82) is 0 Å². The topological polar surface area (TPSA) is 33.2 Å². The Morgan fingerprint density at radius 1 is 1.30 bits per heavy atom. The number of pyridine rings is 1. The summed E-state index contributed by atoms with van der Waals surface area (Å²) in [5.41, 5.74) is 3.47. The van der Waals surface area contributed by atoms with Crippen molar-refractivity contribution >= 4 is 11.6 Å². The number of amides is 1. The van der Waals surface area contributed by atoms with Crippen LogP contribution in [0.5, 0.6) is 0 Å². The predicted molar refractivity (Wildman–Crippen MR) is 79.8 cm³/mol. The number of carbonyl (C=O) groups excluding carboxylic acids is 1. The Hall–Kier alpha value is -2.16. The molecule has 0 fully saturated rings. The van der Waals surface area contributed by atoms with Gasteiger partial charge in [0.05, 0.1) is 0 Å². The minimum atomic E-state index is 0.198. The normalized spacial score (nSPS) is 14.9. The van der Waals surface area contributed by atoms with E-state index >= 15 is 0 Å². The summed E-state index contributed by atoms with van der Waals surface area (Å²) in [5, 5.41) is 0. The van der Waals surface area contributed by atoms with Gasteiger partial charge >= 0.3 is 0 Å². The average Bonchev–Trinajstić information content (AvgIpc) is 2.92. The second-order valence-electron chi connectivity index (χ2n) is 5.32. The van der Waals surface area contributed by atoms with Crippen molar-refractivity contribution < 1.29 is 4.79 Å². The Kier molecular flexibility index (Phi) is 3.50. The lowest BCUT2D eigenvalue weighted by Gasteiger charge is -2.20. The van der Waals surface area contributed by atoms with E-state index in [2.05, 4.69) is 18.0 Å². The summed E-state index contributed by atoms with van der Waals surface area (Å²) in [6, 6.07) is 12.1. The Morgan fingerprint density at radius 3 is 2.95 bits per heavy atom. The Bertz CT molecular complexity index is 609. The van der Waals surface area contributed by atoms with E-state index < -0.39 is 0 Å². The van der Waals surface area contributed by atoms with E-state index in [0.29, 0.717) is 6.42 Å². The molecule has 1 aliphatic heterocycles. The van der Waals surface area contributed by atoms with Crippen LogP contribution in [0.25, 0.3) is 0 Å². The molecule has 2 heterocycles. The molecule has 0 spiro atoms. The van der Waals surface area contributed by atoms with Crippen LogP contribution in [0.1, 0.15) is 30.4 Å². The zero-order valence-electron chi connectivity index (χ0n) is 11.6. The fourth-order valence-electron chi connectivity index (χ4n) is 2.75. The van der Waals surface area contributed by atoms with Crippen molar-refractivity contribution in [2.75, 3.05) is 11.4 Å². The molecule has 1 unspecified atom stereocenters. The van der Waals surface area contributed by atoms with Gasteiger partial charge < -0.3 is 4.90 Å². The highest BCUT2D eigenvalue weighted by Gasteiger charge is 2.25. The minimum Gasteiger partial charge on any atom is -0.312 e. The van der Waals surface area contributed by atoms with E-state index in [0.717, 1.165) is 24.2 Å². The van der Waals surface area contributed by atoms with E-state index in [1.54, 1.807) is 6.20 Å². The molecule has 3 nitrogen and oxygen atoms in total. The van der Waals surface area contributed by atoms with E-state index in [9.17, 15) is 4.79 Å². The molecule has 1 aromatic heterocycles. The third kappa shape index (κ3) is 2.44. The molecule has 102 valence electrons. The van der Waals surface area contributed by atoms with E-state index in [-0.39, 0.29) is 11.8 Å². The highest BCUT2D eigenvalue weighted by molar-refractivity contribution is 5.95. The largest absolute Gasteiger partial charge is 0.312 e. The zero-order valence-corrected chi connectivity index (χ0v) is 11.6. The summed E-state index contributed by atoms with van der Waals surface area (Å²) in [6.07, 6.45) is 5.09. The van der Waals surface area contributed by atoms with Gasteiger partial charge in [-0.15, -0.1) is 0 Å². The Balaban J connectivity index is 1.72. The van der Waals surface area contributed by atoms with Crippen LogP contribution in [0.2, 0.25) is 0 Å². The molecular weight excluding hydrogens is 248 g/mol. The maximum atomic E-state index is 12.5. The molecule has 0 radical (unpaired) electrons. The molecule has 0 bridgehead atoms. The first-order chi connectivity index (χ1) is 9.75. The van der Waals surface area contributed by atoms with Gasteiger partial charge in [0.1, 0.15) is 0 Å². The van der Waals surface area contributed by atoms with Crippen molar-refractivity contribution in [3.05, 3.63) is 59.9 Å². The number of rotatable bonds is 3. The smallest absolute Gasteiger partial charge is 0.227 e. The monoisotopic (exact) mass is 266 g/mol. The fourth-order valence-corrected chi connectivity index (χ4v) is 2.75. The molecule has 1 aliphatic rings. The first-order valence-corrected chi connectivity index (χ1v) is 7.04. The highest BCUT2D eigenvalue weighted by atomic mass is 16.2. The van der Waals surface area contributed by atoms with Gasteiger partial charge in [-0.1, -0.05) is 31.2 Å². The summed E-state index contributed by atoms with van der Waals surface area (Å²) < 4.78 is 0. The first-order valence-electron chi connectivity index (χ1n) is 7.04. The standard InChI is InChI=1S/C17H18N2O/c1-13(15-6-4-9-18-12-15)11-17(20)19-10-8-14-5-2-3-7-16(14)19/h2-7,9,12-13H,8,10-11H2,1H3. The summed E-state index contributed by atoms with van der Waals surface area (Å²) in [6.45, 7) is 2.88. The first kappa shape index (κ1) is 12.9. The maximum absolute atomic E-state index is 12.5. The van der Waals surface area contributed by atoms with Gasteiger partial charge in [-0.3, -0.25) is 9.78 Å². The zero-order chi connectivity index (χ0) is 13.9. The molecular formula is C17H18N2O. The van der Waals surface area contributed by atoms with Crippen LogP contribution in [-0.2, 0) is 11.2 Å². The van der Waals surface area contributed by atoms with Crippen LogP contribution >= 0.6 is 0 Å².